The molecule has 0 bridgehead atoms. The minimum Gasteiger partial charge on any atom is -0.385 e. The van der Waals surface area contributed by atoms with Crippen LogP contribution < -0.4 is 5.73 Å². The van der Waals surface area contributed by atoms with E-state index in [4.69, 9.17) is 22.1 Å². The van der Waals surface area contributed by atoms with Crippen LogP contribution in [0.4, 0.5) is 0 Å². The highest BCUT2D eigenvalue weighted by molar-refractivity contribution is 6.34. The van der Waals surface area contributed by atoms with Crippen LogP contribution in [0.15, 0.2) is 24.3 Å². The topological polar surface area (TPSA) is 52.3 Å². The molecular weight excluding hydrogens is 226 g/mol. The van der Waals surface area contributed by atoms with E-state index in [2.05, 4.69) is 0 Å². The Hall–Kier alpha value is -0.900. The summed E-state index contributed by atoms with van der Waals surface area (Å²) in [6, 6.07) is 6.45. The number of ketones is 1. The first kappa shape index (κ1) is 13.2. The highest BCUT2D eigenvalue weighted by atomic mass is 35.5. The van der Waals surface area contributed by atoms with Gasteiger partial charge in [-0.05, 0) is 25.0 Å². The van der Waals surface area contributed by atoms with Gasteiger partial charge in [0.05, 0.1) is 11.1 Å². The van der Waals surface area contributed by atoms with E-state index in [-0.39, 0.29) is 5.78 Å². The summed E-state index contributed by atoms with van der Waals surface area (Å²) < 4.78 is 4.91. The molecule has 0 heterocycles. The van der Waals surface area contributed by atoms with Gasteiger partial charge in [0.15, 0.2) is 5.78 Å². The van der Waals surface area contributed by atoms with Gasteiger partial charge in [-0.25, -0.2) is 0 Å². The van der Waals surface area contributed by atoms with E-state index in [1.165, 1.54) is 0 Å². The molecule has 0 radical (unpaired) electrons. The van der Waals surface area contributed by atoms with Crippen molar-refractivity contribution < 1.29 is 9.53 Å². The Labute approximate surface area is 101 Å². The molecule has 4 heteroatoms. The Bertz CT molecular complexity index is 355. The van der Waals surface area contributed by atoms with Gasteiger partial charge in [0.25, 0.3) is 0 Å². The van der Waals surface area contributed by atoms with Crippen LogP contribution in [0.3, 0.4) is 0 Å². The lowest BCUT2D eigenvalue weighted by Gasteiger charge is -2.11. The van der Waals surface area contributed by atoms with Crippen LogP contribution in [0.1, 0.15) is 23.2 Å². The quantitative estimate of drug-likeness (QED) is 0.614. The minimum absolute atomic E-state index is 0.110. The zero-order valence-corrected chi connectivity index (χ0v) is 10.0. The van der Waals surface area contributed by atoms with Crippen molar-refractivity contribution in [3.63, 3.8) is 0 Å². The predicted molar refractivity (Wildman–Crippen MR) is 64.9 cm³/mol. The van der Waals surface area contributed by atoms with Crippen LogP contribution in [-0.2, 0) is 4.74 Å². The third-order valence-electron chi connectivity index (χ3n) is 2.34. The van der Waals surface area contributed by atoms with Gasteiger partial charge in [0, 0.05) is 19.3 Å². The van der Waals surface area contributed by atoms with Crippen molar-refractivity contribution in [3.8, 4) is 0 Å². The molecule has 0 aromatic heterocycles. The van der Waals surface area contributed by atoms with Crippen molar-refractivity contribution in [2.24, 2.45) is 5.73 Å². The Morgan fingerprint density at radius 2 is 2.19 bits per heavy atom. The van der Waals surface area contributed by atoms with Crippen LogP contribution in [0, 0.1) is 0 Å². The van der Waals surface area contributed by atoms with E-state index >= 15 is 0 Å². The van der Waals surface area contributed by atoms with E-state index in [9.17, 15) is 4.79 Å². The second kappa shape index (κ2) is 6.63. The van der Waals surface area contributed by atoms with E-state index in [0.717, 1.165) is 6.42 Å². The minimum atomic E-state index is -0.505. The molecule has 0 aliphatic rings. The number of methoxy groups -OCH3 is 1. The van der Waals surface area contributed by atoms with Gasteiger partial charge in [0.1, 0.15) is 0 Å². The molecule has 88 valence electrons. The molecule has 0 spiro atoms. The van der Waals surface area contributed by atoms with Crippen LogP contribution >= 0.6 is 11.6 Å². The second-order valence-corrected chi connectivity index (χ2v) is 3.99. The Morgan fingerprint density at radius 3 is 2.81 bits per heavy atom. The summed E-state index contributed by atoms with van der Waals surface area (Å²) in [5.74, 6) is -0.110. The maximum Gasteiger partial charge on any atom is 0.181 e. The van der Waals surface area contributed by atoms with Crippen LogP contribution in [0.5, 0.6) is 0 Å². The fraction of sp³-hybridized carbons (Fsp3) is 0.417. The summed E-state index contributed by atoms with van der Waals surface area (Å²) in [6.07, 6.45) is 1.38. The molecule has 1 aromatic rings. The molecule has 3 nitrogen and oxygen atoms in total. The summed E-state index contributed by atoms with van der Waals surface area (Å²) >= 11 is 5.92. The van der Waals surface area contributed by atoms with Crippen molar-refractivity contribution in [2.45, 2.75) is 18.9 Å². The van der Waals surface area contributed by atoms with Gasteiger partial charge in [-0.2, -0.15) is 0 Å². The molecule has 1 aromatic carbocycles. The van der Waals surface area contributed by atoms with Crippen LogP contribution in [0.2, 0.25) is 5.02 Å². The van der Waals surface area contributed by atoms with Gasteiger partial charge in [-0.3, -0.25) is 4.79 Å². The van der Waals surface area contributed by atoms with Gasteiger partial charge < -0.3 is 10.5 Å². The molecule has 0 aliphatic heterocycles. The third kappa shape index (κ3) is 3.59. The number of halogens is 1. The first-order chi connectivity index (χ1) is 7.66. The number of hydrogen-bond acceptors (Lipinski definition) is 3. The monoisotopic (exact) mass is 241 g/mol. The molecule has 0 aliphatic carbocycles. The van der Waals surface area contributed by atoms with E-state index < -0.39 is 6.04 Å². The molecule has 0 saturated carbocycles. The second-order valence-electron chi connectivity index (χ2n) is 3.59. The fourth-order valence-corrected chi connectivity index (χ4v) is 1.67. The Morgan fingerprint density at radius 1 is 1.50 bits per heavy atom. The summed E-state index contributed by atoms with van der Waals surface area (Å²) in [6.45, 7) is 0.615. The smallest absolute Gasteiger partial charge is 0.181 e. The highest BCUT2D eigenvalue weighted by Crippen LogP contribution is 2.17. The Kier molecular flexibility index (Phi) is 5.46. The number of benzene rings is 1. The Balaban J connectivity index is 2.60. The number of carbonyl (C=O) groups excluding carboxylic acids is 1. The molecule has 16 heavy (non-hydrogen) atoms. The van der Waals surface area contributed by atoms with Crippen LogP contribution in [-0.4, -0.2) is 25.5 Å². The largest absolute Gasteiger partial charge is 0.385 e. The van der Waals surface area contributed by atoms with E-state index in [0.29, 0.717) is 23.6 Å². The normalized spacial score (nSPS) is 12.4. The average Bonchev–Trinajstić information content (AvgIpc) is 2.29. The lowest BCUT2D eigenvalue weighted by Crippen LogP contribution is -2.30. The van der Waals surface area contributed by atoms with Gasteiger partial charge in [-0.15, -0.1) is 0 Å². The molecule has 1 atom stereocenters. The number of rotatable bonds is 6. The average molecular weight is 242 g/mol. The van der Waals surface area contributed by atoms with Crippen LogP contribution in [0.25, 0.3) is 0 Å². The molecule has 0 fully saturated rings. The highest BCUT2D eigenvalue weighted by Gasteiger charge is 2.17. The molecule has 0 saturated heterocycles. The van der Waals surface area contributed by atoms with Crippen molar-refractivity contribution in [2.75, 3.05) is 13.7 Å². The van der Waals surface area contributed by atoms with Crippen molar-refractivity contribution in [1.29, 1.82) is 0 Å². The van der Waals surface area contributed by atoms with Crippen molar-refractivity contribution in [1.82, 2.24) is 0 Å². The summed E-state index contributed by atoms with van der Waals surface area (Å²) in [5.41, 5.74) is 6.29. The first-order valence-corrected chi connectivity index (χ1v) is 5.58. The first-order valence-electron chi connectivity index (χ1n) is 5.20. The summed E-state index contributed by atoms with van der Waals surface area (Å²) in [7, 11) is 1.63. The number of Topliss-reactive ketones (excluding diaryl/α,β-unsaturated/α-hetero) is 1. The zero-order valence-electron chi connectivity index (χ0n) is 9.28. The summed E-state index contributed by atoms with van der Waals surface area (Å²) in [4.78, 5) is 11.9. The van der Waals surface area contributed by atoms with Gasteiger partial charge in [0.2, 0.25) is 0 Å². The maximum atomic E-state index is 11.9. The van der Waals surface area contributed by atoms with E-state index in [1.54, 1.807) is 31.4 Å². The van der Waals surface area contributed by atoms with Crippen molar-refractivity contribution in [3.05, 3.63) is 34.9 Å². The summed E-state index contributed by atoms with van der Waals surface area (Å²) in [5, 5.41) is 0.453. The number of ether oxygens (including phenoxy) is 1. The lowest BCUT2D eigenvalue weighted by molar-refractivity contribution is 0.0950. The maximum absolute atomic E-state index is 11.9. The predicted octanol–water partition coefficient (Wildman–Crippen LogP) is 2.28. The number of hydrogen-bond donors (Lipinski definition) is 1. The molecular formula is C12H16ClNO2. The van der Waals surface area contributed by atoms with E-state index in [1.807, 2.05) is 0 Å². The van der Waals surface area contributed by atoms with Gasteiger partial charge >= 0.3 is 0 Å². The number of nitrogens with two attached hydrogens (primary N) is 1. The van der Waals surface area contributed by atoms with Gasteiger partial charge in [-0.1, -0.05) is 23.7 Å². The fourth-order valence-electron chi connectivity index (χ4n) is 1.44. The molecule has 0 amide bonds. The molecule has 2 N–H and O–H groups in total. The third-order valence-corrected chi connectivity index (χ3v) is 2.67. The molecule has 1 rings (SSSR count). The number of carbonyl (C=O) groups is 1. The SMILES string of the molecule is COCCCC(N)C(=O)c1ccccc1Cl. The van der Waals surface area contributed by atoms with Crippen molar-refractivity contribution >= 4 is 17.4 Å². The standard InChI is InChI=1S/C12H16ClNO2/c1-16-8-4-7-11(14)12(15)9-5-2-3-6-10(9)13/h2-3,5-6,11H,4,7-8,14H2,1H3. The molecule has 1 unspecified atom stereocenters. The lowest BCUT2D eigenvalue weighted by atomic mass is 10.0. The zero-order chi connectivity index (χ0) is 12.0.